The molecule has 0 bridgehead atoms. The predicted molar refractivity (Wildman–Crippen MR) is 86.6 cm³/mol. The van der Waals surface area contributed by atoms with Gasteiger partial charge in [0.1, 0.15) is 0 Å². The molecule has 1 unspecified atom stereocenters. The second-order valence-electron chi connectivity index (χ2n) is 4.93. The molecule has 1 fully saturated rings. The highest BCUT2D eigenvalue weighted by Gasteiger charge is 2.15. The number of ether oxygens (including phenoxy) is 2. The first-order valence-corrected chi connectivity index (χ1v) is 9.34. The lowest BCUT2D eigenvalue weighted by molar-refractivity contribution is 0.0420. The summed E-state index contributed by atoms with van der Waals surface area (Å²) in [6.07, 6.45) is 2.09. The van der Waals surface area contributed by atoms with E-state index in [0.29, 0.717) is 32.3 Å². The van der Waals surface area contributed by atoms with Crippen LogP contribution in [0, 0.1) is 0 Å². The molecule has 3 N–H and O–H groups in total. The Hall–Kier alpha value is -0.900. The molecule has 1 saturated heterocycles. The SMILES string of the molecule is CCS(=O)(=O)NCCNC(=NC)NCCCOC1CCOC1. The van der Waals surface area contributed by atoms with Crippen LogP contribution in [0.2, 0.25) is 0 Å². The fourth-order valence-corrected chi connectivity index (χ4v) is 2.50. The monoisotopic (exact) mass is 336 g/mol. The van der Waals surface area contributed by atoms with E-state index in [1.807, 2.05) is 0 Å². The van der Waals surface area contributed by atoms with Crippen molar-refractivity contribution in [3.63, 3.8) is 0 Å². The van der Waals surface area contributed by atoms with Gasteiger partial charge in [0.2, 0.25) is 10.0 Å². The van der Waals surface area contributed by atoms with Crippen LogP contribution in [0.5, 0.6) is 0 Å². The van der Waals surface area contributed by atoms with Gasteiger partial charge in [-0.2, -0.15) is 0 Å². The normalized spacial score (nSPS) is 19.4. The largest absolute Gasteiger partial charge is 0.379 e. The Labute approximate surface area is 133 Å². The third kappa shape index (κ3) is 8.52. The lowest BCUT2D eigenvalue weighted by Crippen LogP contribution is -2.42. The van der Waals surface area contributed by atoms with Gasteiger partial charge in [0.15, 0.2) is 5.96 Å². The van der Waals surface area contributed by atoms with Crippen molar-refractivity contribution in [2.24, 2.45) is 4.99 Å². The minimum Gasteiger partial charge on any atom is -0.379 e. The van der Waals surface area contributed by atoms with Gasteiger partial charge in [-0.25, -0.2) is 13.1 Å². The number of hydrogen-bond donors (Lipinski definition) is 3. The molecule has 1 aliphatic heterocycles. The van der Waals surface area contributed by atoms with Crippen molar-refractivity contribution in [1.82, 2.24) is 15.4 Å². The van der Waals surface area contributed by atoms with Crippen molar-refractivity contribution in [2.45, 2.75) is 25.9 Å². The third-order valence-corrected chi connectivity index (χ3v) is 4.60. The molecule has 1 rings (SSSR count). The lowest BCUT2D eigenvalue weighted by Gasteiger charge is -2.13. The Bertz CT molecular complexity index is 422. The Balaban J connectivity index is 2.02. The van der Waals surface area contributed by atoms with Crippen LogP contribution in [-0.4, -0.2) is 72.7 Å². The molecule has 1 heterocycles. The van der Waals surface area contributed by atoms with Crippen LogP contribution in [0.3, 0.4) is 0 Å². The van der Waals surface area contributed by atoms with E-state index in [9.17, 15) is 8.42 Å². The Morgan fingerprint density at radius 3 is 2.73 bits per heavy atom. The minimum atomic E-state index is -3.13. The molecule has 9 heteroatoms. The lowest BCUT2D eigenvalue weighted by atomic mass is 10.3. The topological polar surface area (TPSA) is 101 Å². The molecule has 0 aromatic rings. The zero-order chi connectivity index (χ0) is 16.3. The summed E-state index contributed by atoms with van der Waals surface area (Å²) in [4.78, 5) is 4.07. The van der Waals surface area contributed by atoms with Crippen LogP contribution in [-0.2, 0) is 19.5 Å². The molecule has 0 radical (unpaired) electrons. The number of guanidine groups is 1. The van der Waals surface area contributed by atoms with E-state index in [-0.39, 0.29) is 11.9 Å². The maximum absolute atomic E-state index is 11.3. The third-order valence-electron chi connectivity index (χ3n) is 3.20. The number of hydrogen-bond acceptors (Lipinski definition) is 5. The molecule has 8 nitrogen and oxygen atoms in total. The quantitative estimate of drug-likeness (QED) is 0.277. The number of nitrogens with zero attached hydrogens (tertiary/aromatic N) is 1. The summed E-state index contributed by atoms with van der Waals surface area (Å²) < 4.78 is 35.9. The van der Waals surface area contributed by atoms with E-state index < -0.39 is 10.0 Å². The number of aliphatic imine (C=N–C) groups is 1. The van der Waals surface area contributed by atoms with Crippen molar-refractivity contribution in [3.05, 3.63) is 0 Å². The highest BCUT2D eigenvalue weighted by molar-refractivity contribution is 7.89. The van der Waals surface area contributed by atoms with Gasteiger partial charge in [-0.3, -0.25) is 4.99 Å². The van der Waals surface area contributed by atoms with Gasteiger partial charge in [0.05, 0.1) is 18.5 Å². The molecule has 0 spiro atoms. The van der Waals surface area contributed by atoms with Gasteiger partial charge in [-0.1, -0.05) is 0 Å². The molecular weight excluding hydrogens is 308 g/mol. The average Bonchev–Trinajstić information content (AvgIpc) is 3.02. The molecule has 1 atom stereocenters. The molecule has 0 amide bonds. The van der Waals surface area contributed by atoms with E-state index in [2.05, 4.69) is 20.3 Å². The summed E-state index contributed by atoms with van der Waals surface area (Å²) in [5.41, 5.74) is 0. The van der Waals surface area contributed by atoms with E-state index in [0.717, 1.165) is 26.0 Å². The molecule has 0 aromatic heterocycles. The fraction of sp³-hybridized carbons (Fsp3) is 0.923. The van der Waals surface area contributed by atoms with Crippen LogP contribution in [0.15, 0.2) is 4.99 Å². The van der Waals surface area contributed by atoms with E-state index in [1.54, 1.807) is 14.0 Å². The smallest absolute Gasteiger partial charge is 0.211 e. The van der Waals surface area contributed by atoms with Gasteiger partial charge in [0, 0.05) is 39.9 Å². The number of sulfonamides is 1. The van der Waals surface area contributed by atoms with E-state index >= 15 is 0 Å². The molecule has 22 heavy (non-hydrogen) atoms. The maximum atomic E-state index is 11.3. The van der Waals surface area contributed by atoms with E-state index in [1.165, 1.54) is 0 Å². The van der Waals surface area contributed by atoms with Crippen molar-refractivity contribution in [3.8, 4) is 0 Å². The summed E-state index contributed by atoms with van der Waals surface area (Å²) >= 11 is 0. The zero-order valence-corrected chi connectivity index (χ0v) is 14.2. The average molecular weight is 336 g/mol. The Morgan fingerprint density at radius 1 is 1.32 bits per heavy atom. The molecular formula is C13H28N4O4S. The Morgan fingerprint density at radius 2 is 2.09 bits per heavy atom. The first kappa shape index (κ1) is 19.1. The first-order valence-electron chi connectivity index (χ1n) is 7.68. The summed E-state index contributed by atoms with van der Waals surface area (Å²) in [5, 5.41) is 6.21. The molecule has 0 saturated carbocycles. The second kappa shape index (κ2) is 10.8. The predicted octanol–water partition coefficient (Wildman–Crippen LogP) is -0.714. The van der Waals surface area contributed by atoms with Crippen LogP contribution in [0.4, 0.5) is 0 Å². The molecule has 130 valence electrons. The summed E-state index contributed by atoms with van der Waals surface area (Å²) in [7, 11) is -1.46. The fourth-order valence-electron chi connectivity index (χ4n) is 1.88. The van der Waals surface area contributed by atoms with Gasteiger partial charge in [-0.05, 0) is 19.8 Å². The summed E-state index contributed by atoms with van der Waals surface area (Å²) in [5.74, 6) is 0.742. The highest BCUT2D eigenvalue weighted by Crippen LogP contribution is 2.07. The van der Waals surface area contributed by atoms with Crippen molar-refractivity contribution < 1.29 is 17.9 Å². The summed E-state index contributed by atoms with van der Waals surface area (Å²) in [6.45, 7) is 5.35. The first-order chi connectivity index (χ1) is 10.6. The summed E-state index contributed by atoms with van der Waals surface area (Å²) in [6, 6.07) is 0. The van der Waals surface area contributed by atoms with Crippen LogP contribution in [0.1, 0.15) is 19.8 Å². The van der Waals surface area contributed by atoms with E-state index in [4.69, 9.17) is 9.47 Å². The van der Waals surface area contributed by atoms with Gasteiger partial charge in [0.25, 0.3) is 0 Å². The van der Waals surface area contributed by atoms with Crippen molar-refractivity contribution >= 4 is 16.0 Å². The van der Waals surface area contributed by atoms with Gasteiger partial charge >= 0.3 is 0 Å². The number of rotatable bonds is 10. The van der Waals surface area contributed by atoms with Crippen molar-refractivity contribution in [2.75, 3.05) is 52.3 Å². The zero-order valence-electron chi connectivity index (χ0n) is 13.4. The van der Waals surface area contributed by atoms with Crippen LogP contribution < -0.4 is 15.4 Å². The Kier molecular flexibility index (Phi) is 9.37. The second-order valence-corrected chi connectivity index (χ2v) is 7.03. The van der Waals surface area contributed by atoms with Crippen LogP contribution in [0.25, 0.3) is 0 Å². The number of nitrogens with one attached hydrogen (secondary N) is 3. The standard InChI is InChI=1S/C13H28N4O4S/c1-3-22(18,19)17-8-7-16-13(14-2)15-6-4-9-21-12-5-10-20-11-12/h12,17H,3-11H2,1-2H3,(H2,14,15,16). The minimum absolute atomic E-state index is 0.0893. The highest BCUT2D eigenvalue weighted by atomic mass is 32.2. The molecule has 1 aliphatic rings. The van der Waals surface area contributed by atoms with Crippen LogP contribution >= 0.6 is 0 Å². The molecule has 0 aromatic carbocycles. The van der Waals surface area contributed by atoms with Gasteiger partial charge < -0.3 is 20.1 Å². The molecule has 0 aliphatic carbocycles. The van der Waals surface area contributed by atoms with Crippen molar-refractivity contribution in [1.29, 1.82) is 0 Å². The maximum Gasteiger partial charge on any atom is 0.211 e. The van der Waals surface area contributed by atoms with Gasteiger partial charge in [-0.15, -0.1) is 0 Å².